The van der Waals surface area contributed by atoms with Crippen LogP contribution in [0.4, 0.5) is 4.39 Å². The van der Waals surface area contributed by atoms with E-state index in [0.717, 1.165) is 6.07 Å². The number of halogens is 1. The number of Topliss-reactive ketones (excluding diaryl/α,β-unsaturated/α-hetero) is 1. The predicted molar refractivity (Wildman–Crippen MR) is 83.1 cm³/mol. The molecule has 0 aromatic heterocycles. The quantitative estimate of drug-likeness (QED) is 0.601. The summed E-state index contributed by atoms with van der Waals surface area (Å²) in [5.74, 6) is -1.12. The van der Waals surface area contributed by atoms with Crippen LogP contribution >= 0.6 is 0 Å². The lowest BCUT2D eigenvalue weighted by Gasteiger charge is -2.11. The van der Waals surface area contributed by atoms with Crippen LogP contribution in [0.1, 0.15) is 40.1 Å². The van der Waals surface area contributed by atoms with E-state index in [1.54, 1.807) is 31.2 Å². The Morgan fingerprint density at radius 2 is 1.83 bits per heavy atom. The van der Waals surface area contributed by atoms with Crippen molar-refractivity contribution in [1.82, 2.24) is 0 Å². The van der Waals surface area contributed by atoms with Crippen LogP contribution in [0.2, 0.25) is 0 Å². The molecule has 0 spiro atoms. The average Bonchev–Trinajstić information content (AvgIpc) is 2.53. The van der Waals surface area contributed by atoms with E-state index >= 15 is 0 Å². The molecule has 0 unspecified atom stereocenters. The van der Waals surface area contributed by atoms with Crippen LogP contribution in [-0.2, 0) is 11.3 Å². The Morgan fingerprint density at radius 1 is 1.09 bits per heavy atom. The van der Waals surface area contributed by atoms with Gasteiger partial charge in [-0.3, -0.25) is 4.79 Å². The molecule has 0 saturated carbocycles. The third-order valence-corrected chi connectivity index (χ3v) is 3.23. The van der Waals surface area contributed by atoms with Gasteiger partial charge in [0.2, 0.25) is 0 Å². The molecular formula is C18H17FO4. The molecular weight excluding hydrogens is 299 g/mol. The van der Waals surface area contributed by atoms with Crippen molar-refractivity contribution in [3.8, 4) is 5.75 Å². The fourth-order valence-electron chi connectivity index (χ4n) is 2.09. The lowest BCUT2D eigenvalue weighted by Crippen LogP contribution is -2.09. The first-order valence-corrected chi connectivity index (χ1v) is 7.21. The summed E-state index contributed by atoms with van der Waals surface area (Å²) >= 11 is 0. The largest absolute Gasteiger partial charge is 0.489 e. The van der Waals surface area contributed by atoms with Gasteiger partial charge < -0.3 is 9.47 Å². The van der Waals surface area contributed by atoms with Gasteiger partial charge in [-0.2, -0.15) is 0 Å². The minimum atomic E-state index is -0.631. The maximum atomic E-state index is 13.8. The third kappa shape index (κ3) is 4.16. The van der Waals surface area contributed by atoms with Crippen LogP contribution in [0, 0.1) is 5.82 Å². The second-order valence-electron chi connectivity index (χ2n) is 4.86. The lowest BCUT2D eigenvalue weighted by atomic mass is 10.1. The first-order valence-electron chi connectivity index (χ1n) is 7.21. The first-order chi connectivity index (χ1) is 11.0. The van der Waals surface area contributed by atoms with Crippen LogP contribution in [0.25, 0.3) is 0 Å². The fraction of sp³-hybridized carbons (Fsp3) is 0.222. The molecule has 23 heavy (non-hydrogen) atoms. The molecule has 120 valence electrons. The summed E-state index contributed by atoms with van der Waals surface area (Å²) in [7, 11) is 0. The molecule has 0 aliphatic rings. The van der Waals surface area contributed by atoms with E-state index in [0.29, 0.717) is 11.1 Å². The smallest absolute Gasteiger partial charge is 0.338 e. The monoisotopic (exact) mass is 316 g/mol. The summed E-state index contributed by atoms with van der Waals surface area (Å²) in [4.78, 5) is 23.1. The molecule has 0 radical (unpaired) electrons. The van der Waals surface area contributed by atoms with Crippen molar-refractivity contribution in [2.75, 3.05) is 6.61 Å². The molecule has 0 atom stereocenters. The zero-order chi connectivity index (χ0) is 16.8. The van der Waals surface area contributed by atoms with Crippen molar-refractivity contribution in [2.45, 2.75) is 20.5 Å². The van der Waals surface area contributed by atoms with Crippen molar-refractivity contribution in [3.05, 3.63) is 65.0 Å². The number of carbonyl (C=O) groups excluding carboxylic acids is 2. The molecule has 0 aliphatic heterocycles. The van der Waals surface area contributed by atoms with Crippen molar-refractivity contribution in [3.63, 3.8) is 0 Å². The van der Waals surface area contributed by atoms with Crippen LogP contribution < -0.4 is 4.74 Å². The molecule has 0 bridgehead atoms. The Kier molecular flexibility index (Phi) is 5.46. The molecule has 0 amide bonds. The number of ether oxygens (including phenoxy) is 2. The Hall–Kier alpha value is -2.69. The first kappa shape index (κ1) is 16.7. The van der Waals surface area contributed by atoms with E-state index < -0.39 is 11.8 Å². The van der Waals surface area contributed by atoms with E-state index in [1.807, 2.05) is 0 Å². The number of rotatable bonds is 6. The highest BCUT2D eigenvalue weighted by Crippen LogP contribution is 2.19. The van der Waals surface area contributed by atoms with E-state index in [2.05, 4.69) is 0 Å². The van der Waals surface area contributed by atoms with Crippen molar-refractivity contribution >= 4 is 11.8 Å². The molecule has 5 heteroatoms. The van der Waals surface area contributed by atoms with E-state index in [-0.39, 0.29) is 30.3 Å². The number of carbonyl (C=O) groups is 2. The van der Waals surface area contributed by atoms with Gasteiger partial charge in [-0.25, -0.2) is 9.18 Å². The van der Waals surface area contributed by atoms with Gasteiger partial charge in [0.1, 0.15) is 18.2 Å². The van der Waals surface area contributed by atoms with Crippen LogP contribution in [-0.4, -0.2) is 18.4 Å². The van der Waals surface area contributed by atoms with E-state index in [4.69, 9.17) is 9.47 Å². The summed E-state index contributed by atoms with van der Waals surface area (Å²) in [5, 5.41) is 0. The Labute approximate surface area is 133 Å². The number of hydrogen-bond donors (Lipinski definition) is 0. The van der Waals surface area contributed by atoms with E-state index in [9.17, 15) is 14.0 Å². The molecule has 0 heterocycles. The molecule has 0 saturated heterocycles. The Bertz CT molecular complexity index is 725. The van der Waals surface area contributed by atoms with Crippen LogP contribution in [0.15, 0.2) is 42.5 Å². The third-order valence-electron chi connectivity index (χ3n) is 3.23. The lowest BCUT2D eigenvalue weighted by molar-refractivity contribution is 0.0523. The zero-order valence-corrected chi connectivity index (χ0v) is 13.0. The maximum absolute atomic E-state index is 13.8. The van der Waals surface area contributed by atoms with Gasteiger partial charge in [0.15, 0.2) is 5.78 Å². The second kappa shape index (κ2) is 7.54. The van der Waals surface area contributed by atoms with Crippen LogP contribution in [0.3, 0.4) is 0 Å². The SMILES string of the molecule is CCOC(=O)c1ccccc1COc1ccc(C(C)=O)c(F)c1. The highest BCUT2D eigenvalue weighted by Gasteiger charge is 2.13. The second-order valence-corrected chi connectivity index (χ2v) is 4.86. The molecule has 2 rings (SSSR count). The van der Waals surface area contributed by atoms with Gasteiger partial charge >= 0.3 is 5.97 Å². The molecule has 0 aliphatic carbocycles. The molecule has 0 fully saturated rings. The van der Waals surface area contributed by atoms with Gasteiger partial charge in [0, 0.05) is 11.6 Å². The average molecular weight is 316 g/mol. The summed E-state index contributed by atoms with van der Waals surface area (Å²) in [5.41, 5.74) is 1.07. The van der Waals surface area contributed by atoms with E-state index in [1.165, 1.54) is 19.1 Å². The Morgan fingerprint density at radius 3 is 2.48 bits per heavy atom. The number of ketones is 1. The standard InChI is InChI=1S/C18H17FO4/c1-3-22-18(21)16-7-5-4-6-13(16)11-23-14-8-9-15(12(2)20)17(19)10-14/h4-10H,3,11H2,1-2H3. The molecule has 2 aromatic rings. The highest BCUT2D eigenvalue weighted by molar-refractivity contribution is 5.94. The van der Waals surface area contributed by atoms with Gasteiger partial charge in [0.05, 0.1) is 17.7 Å². The number of esters is 1. The highest BCUT2D eigenvalue weighted by atomic mass is 19.1. The summed E-state index contributed by atoms with van der Waals surface area (Å²) in [6.45, 7) is 3.41. The minimum Gasteiger partial charge on any atom is -0.489 e. The zero-order valence-electron chi connectivity index (χ0n) is 13.0. The summed E-state index contributed by atoms with van der Waals surface area (Å²) in [6, 6.07) is 11.0. The van der Waals surface area contributed by atoms with Gasteiger partial charge in [0.25, 0.3) is 0 Å². The predicted octanol–water partition coefficient (Wildman–Crippen LogP) is 3.78. The summed E-state index contributed by atoms with van der Waals surface area (Å²) in [6.07, 6.45) is 0. The normalized spacial score (nSPS) is 10.2. The van der Waals surface area contributed by atoms with Gasteiger partial charge in [-0.15, -0.1) is 0 Å². The minimum absolute atomic E-state index is 0.0178. The Balaban J connectivity index is 2.14. The molecule has 2 aromatic carbocycles. The maximum Gasteiger partial charge on any atom is 0.338 e. The molecule has 0 N–H and O–H groups in total. The summed E-state index contributed by atoms with van der Waals surface area (Å²) < 4.78 is 24.3. The van der Waals surface area contributed by atoms with Crippen LogP contribution in [0.5, 0.6) is 5.75 Å². The fourth-order valence-corrected chi connectivity index (χ4v) is 2.09. The van der Waals surface area contributed by atoms with Crippen molar-refractivity contribution in [1.29, 1.82) is 0 Å². The topological polar surface area (TPSA) is 52.6 Å². The van der Waals surface area contributed by atoms with Gasteiger partial charge in [-0.05, 0) is 32.0 Å². The van der Waals surface area contributed by atoms with Gasteiger partial charge in [-0.1, -0.05) is 18.2 Å². The van der Waals surface area contributed by atoms with Crippen molar-refractivity contribution < 1.29 is 23.5 Å². The molecule has 4 nitrogen and oxygen atoms in total. The van der Waals surface area contributed by atoms with Crippen molar-refractivity contribution in [2.24, 2.45) is 0 Å². The number of hydrogen-bond acceptors (Lipinski definition) is 4. The number of benzene rings is 2.